The van der Waals surface area contributed by atoms with Gasteiger partial charge in [0.05, 0.1) is 0 Å². The van der Waals surface area contributed by atoms with Crippen molar-refractivity contribution >= 4 is 21.8 Å². The van der Waals surface area contributed by atoms with Gasteiger partial charge in [0.15, 0.2) is 0 Å². The number of sulfonamides is 1. The molecule has 1 aromatic rings. The summed E-state index contributed by atoms with van der Waals surface area (Å²) in [5.41, 5.74) is 0. The Hall–Kier alpha value is -2.00. The molecule has 3 rings (SSSR count). The lowest BCUT2D eigenvalue weighted by atomic mass is 10.0. The van der Waals surface area contributed by atoms with E-state index in [1.807, 2.05) is 6.92 Å². The van der Waals surface area contributed by atoms with Crippen LogP contribution < -0.4 is 5.32 Å². The minimum atomic E-state index is -4.07. The topological polar surface area (TPSA) is 86.8 Å². The number of halogens is 1. The van der Waals surface area contributed by atoms with Crippen molar-refractivity contribution in [1.82, 2.24) is 14.5 Å². The van der Waals surface area contributed by atoms with Gasteiger partial charge in [0.25, 0.3) is 0 Å². The van der Waals surface area contributed by atoms with Gasteiger partial charge in [-0.15, -0.1) is 0 Å². The number of carbonyl (C=O) groups is 2. The van der Waals surface area contributed by atoms with Crippen molar-refractivity contribution in [3.8, 4) is 0 Å². The summed E-state index contributed by atoms with van der Waals surface area (Å²) >= 11 is 0. The summed E-state index contributed by atoms with van der Waals surface area (Å²) in [6, 6.07) is 3.70. The quantitative estimate of drug-likeness (QED) is 0.828. The largest absolute Gasteiger partial charge is 0.342 e. The van der Waals surface area contributed by atoms with Crippen LogP contribution in [0.3, 0.4) is 0 Å². The number of hydrogen-bond donors (Lipinski definition) is 1. The average molecular weight is 369 g/mol. The number of nitrogens with zero attached hydrogens (tertiary/aromatic N) is 2. The predicted molar refractivity (Wildman–Crippen MR) is 87.5 cm³/mol. The van der Waals surface area contributed by atoms with Gasteiger partial charge in [-0.1, -0.05) is 25.5 Å². The lowest BCUT2D eigenvalue weighted by Gasteiger charge is -2.44. The molecule has 0 bridgehead atoms. The fourth-order valence-corrected chi connectivity index (χ4v) is 4.77. The summed E-state index contributed by atoms with van der Waals surface area (Å²) in [6.45, 7) is 1.90. The Kier molecular flexibility index (Phi) is 4.79. The first kappa shape index (κ1) is 17.8. The number of rotatable bonds is 4. The van der Waals surface area contributed by atoms with E-state index in [-0.39, 0.29) is 31.4 Å². The van der Waals surface area contributed by atoms with E-state index in [0.29, 0.717) is 6.42 Å². The summed E-state index contributed by atoms with van der Waals surface area (Å²) in [7, 11) is -4.07. The van der Waals surface area contributed by atoms with Crippen molar-refractivity contribution in [3.63, 3.8) is 0 Å². The van der Waals surface area contributed by atoms with Crippen LogP contribution in [0.2, 0.25) is 0 Å². The number of piperazine rings is 2. The standard InChI is InChI=1S/C16H20FN3O4S/c1-2-5-12-16(22)20-9-8-19(10-13(20)15(21)18-12)25(23,24)14-7-4-3-6-11(14)17/h3-4,6-7,12-13H,2,5,8-10H2,1H3,(H,18,21)/t12-,13+/m0/s1. The van der Waals surface area contributed by atoms with E-state index >= 15 is 0 Å². The molecule has 2 amide bonds. The van der Waals surface area contributed by atoms with Gasteiger partial charge in [0, 0.05) is 19.6 Å². The maximum absolute atomic E-state index is 13.9. The van der Waals surface area contributed by atoms with Crippen LogP contribution in [0.1, 0.15) is 19.8 Å². The maximum Gasteiger partial charge on any atom is 0.246 e. The summed E-state index contributed by atoms with van der Waals surface area (Å²) in [4.78, 5) is 25.8. The van der Waals surface area contributed by atoms with E-state index in [9.17, 15) is 22.4 Å². The van der Waals surface area contributed by atoms with Crippen LogP contribution in [-0.4, -0.2) is 61.2 Å². The summed E-state index contributed by atoms with van der Waals surface area (Å²) in [5, 5.41) is 2.66. The summed E-state index contributed by atoms with van der Waals surface area (Å²) in [6.07, 6.45) is 1.30. The van der Waals surface area contributed by atoms with Crippen molar-refractivity contribution in [2.75, 3.05) is 19.6 Å². The van der Waals surface area contributed by atoms with Gasteiger partial charge >= 0.3 is 0 Å². The van der Waals surface area contributed by atoms with E-state index < -0.39 is 32.8 Å². The van der Waals surface area contributed by atoms with Crippen molar-refractivity contribution in [2.24, 2.45) is 0 Å². The zero-order valence-electron chi connectivity index (χ0n) is 13.8. The van der Waals surface area contributed by atoms with Crippen LogP contribution in [0.15, 0.2) is 29.2 Å². The zero-order valence-corrected chi connectivity index (χ0v) is 14.6. The predicted octanol–water partition coefficient (Wildman–Crippen LogP) is 0.326. The lowest BCUT2D eigenvalue weighted by Crippen LogP contribution is -2.69. The Morgan fingerprint density at radius 2 is 1.96 bits per heavy atom. The molecule has 9 heteroatoms. The number of nitrogens with one attached hydrogen (secondary N) is 1. The first-order valence-corrected chi connectivity index (χ1v) is 9.65. The average Bonchev–Trinajstić information content (AvgIpc) is 2.59. The van der Waals surface area contributed by atoms with Crippen molar-refractivity contribution in [1.29, 1.82) is 0 Å². The van der Waals surface area contributed by atoms with Crippen molar-refractivity contribution in [2.45, 2.75) is 36.7 Å². The second-order valence-electron chi connectivity index (χ2n) is 6.19. The lowest BCUT2D eigenvalue weighted by molar-refractivity contribution is -0.151. The molecule has 1 N–H and O–H groups in total. The second-order valence-corrected chi connectivity index (χ2v) is 8.10. The van der Waals surface area contributed by atoms with Crippen molar-refractivity contribution < 1.29 is 22.4 Å². The molecule has 136 valence electrons. The third-order valence-electron chi connectivity index (χ3n) is 4.58. The van der Waals surface area contributed by atoms with Gasteiger partial charge in [-0.3, -0.25) is 9.59 Å². The molecule has 2 aliphatic rings. The van der Waals surface area contributed by atoms with E-state index in [0.717, 1.165) is 16.8 Å². The SMILES string of the molecule is CCC[C@@H]1NC(=O)[C@H]2CN(S(=O)(=O)c3ccccc3F)CCN2C1=O. The van der Waals surface area contributed by atoms with Crippen LogP contribution in [0.5, 0.6) is 0 Å². The Morgan fingerprint density at radius 3 is 2.64 bits per heavy atom. The normalized spacial score (nSPS) is 24.8. The van der Waals surface area contributed by atoms with E-state index in [4.69, 9.17) is 0 Å². The first-order valence-electron chi connectivity index (χ1n) is 8.21. The van der Waals surface area contributed by atoms with Gasteiger partial charge in [0.1, 0.15) is 22.8 Å². The molecule has 2 fully saturated rings. The molecule has 0 aromatic heterocycles. The molecular formula is C16H20FN3O4S. The fraction of sp³-hybridized carbons (Fsp3) is 0.500. The molecule has 2 atom stereocenters. The van der Waals surface area contributed by atoms with Gasteiger partial charge in [-0.05, 0) is 18.6 Å². The van der Waals surface area contributed by atoms with Crippen molar-refractivity contribution in [3.05, 3.63) is 30.1 Å². The zero-order chi connectivity index (χ0) is 18.2. The molecule has 0 aliphatic carbocycles. The highest BCUT2D eigenvalue weighted by Crippen LogP contribution is 2.24. The molecule has 0 unspecified atom stereocenters. The Morgan fingerprint density at radius 1 is 1.24 bits per heavy atom. The highest BCUT2D eigenvalue weighted by molar-refractivity contribution is 7.89. The van der Waals surface area contributed by atoms with E-state index in [1.54, 1.807) is 0 Å². The molecule has 1 aromatic carbocycles. The molecule has 0 spiro atoms. The smallest absolute Gasteiger partial charge is 0.246 e. The molecule has 0 radical (unpaired) electrons. The van der Waals surface area contributed by atoms with Gasteiger partial charge < -0.3 is 10.2 Å². The van der Waals surface area contributed by atoms with Crippen LogP contribution in [0, 0.1) is 5.82 Å². The Bertz CT molecular complexity index is 798. The molecule has 2 aliphatic heterocycles. The minimum absolute atomic E-state index is 0.0328. The molecule has 2 saturated heterocycles. The van der Waals surface area contributed by atoms with E-state index in [1.165, 1.54) is 23.1 Å². The monoisotopic (exact) mass is 369 g/mol. The maximum atomic E-state index is 13.9. The molecule has 25 heavy (non-hydrogen) atoms. The Labute approximate surface area is 145 Å². The fourth-order valence-electron chi connectivity index (χ4n) is 3.27. The van der Waals surface area contributed by atoms with Gasteiger partial charge in [-0.2, -0.15) is 4.31 Å². The third kappa shape index (κ3) is 3.13. The molecule has 7 nitrogen and oxygen atoms in total. The van der Waals surface area contributed by atoms with Crippen LogP contribution in [-0.2, 0) is 19.6 Å². The number of fused-ring (bicyclic) bond motifs is 1. The van der Waals surface area contributed by atoms with Crippen LogP contribution in [0.4, 0.5) is 4.39 Å². The minimum Gasteiger partial charge on any atom is -0.342 e. The number of carbonyl (C=O) groups excluding carboxylic acids is 2. The number of benzene rings is 1. The van der Waals surface area contributed by atoms with Gasteiger partial charge in [-0.25, -0.2) is 12.8 Å². The van der Waals surface area contributed by atoms with E-state index in [2.05, 4.69) is 5.32 Å². The third-order valence-corrected chi connectivity index (χ3v) is 6.47. The van der Waals surface area contributed by atoms with Crippen LogP contribution in [0.25, 0.3) is 0 Å². The second kappa shape index (κ2) is 6.72. The highest BCUT2D eigenvalue weighted by atomic mass is 32.2. The summed E-state index contributed by atoms with van der Waals surface area (Å²) < 4.78 is 40.3. The van der Waals surface area contributed by atoms with Crippen LogP contribution >= 0.6 is 0 Å². The first-order chi connectivity index (χ1) is 11.9. The summed E-state index contributed by atoms with van der Waals surface area (Å²) in [5.74, 6) is -1.39. The molecule has 0 saturated carbocycles. The highest BCUT2D eigenvalue weighted by Gasteiger charge is 2.45. The molecular weight excluding hydrogens is 349 g/mol. The number of hydrogen-bond acceptors (Lipinski definition) is 4. The molecule has 2 heterocycles. The van der Waals surface area contributed by atoms with Gasteiger partial charge in [0.2, 0.25) is 21.8 Å². The Balaban J connectivity index is 1.83. The number of amides is 2.